The number of hydrogen-bond acceptors (Lipinski definition) is 7. The van der Waals surface area contributed by atoms with Crippen molar-refractivity contribution < 1.29 is 14.4 Å². The summed E-state index contributed by atoms with van der Waals surface area (Å²) < 4.78 is 6.74. The molecular weight excluding hydrogens is 312 g/mol. The number of aliphatic hydroxyl groups excluding tert-OH is 1. The number of aromatic nitrogens is 4. The molecule has 0 unspecified atom stereocenters. The number of amides is 1. The van der Waals surface area contributed by atoms with Gasteiger partial charge in [0.25, 0.3) is 5.91 Å². The van der Waals surface area contributed by atoms with E-state index in [0.29, 0.717) is 25.3 Å². The Morgan fingerprint density at radius 1 is 1.54 bits per heavy atom. The van der Waals surface area contributed by atoms with Gasteiger partial charge in [-0.05, 0) is 20.3 Å². The molecule has 2 N–H and O–H groups in total. The molecule has 0 bridgehead atoms. The van der Waals surface area contributed by atoms with Crippen LogP contribution >= 0.6 is 0 Å². The lowest BCUT2D eigenvalue weighted by atomic mass is 10.0. The van der Waals surface area contributed by atoms with Gasteiger partial charge in [0.15, 0.2) is 5.69 Å². The van der Waals surface area contributed by atoms with E-state index in [1.54, 1.807) is 19.3 Å². The van der Waals surface area contributed by atoms with Crippen LogP contribution in [0.3, 0.4) is 0 Å². The van der Waals surface area contributed by atoms with Crippen LogP contribution in [0.1, 0.15) is 35.4 Å². The number of β-amino-alcohol motifs (C(OH)–C–C–N with tert-alkyl or cyclic N) is 1. The van der Waals surface area contributed by atoms with Crippen molar-refractivity contribution in [3.8, 4) is 0 Å². The summed E-state index contributed by atoms with van der Waals surface area (Å²) in [6.07, 6.45) is 1.56. The quantitative estimate of drug-likeness (QED) is 0.789. The van der Waals surface area contributed by atoms with Gasteiger partial charge in [-0.15, -0.1) is 0 Å². The van der Waals surface area contributed by atoms with Gasteiger partial charge in [0.1, 0.15) is 17.9 Å². The highest BCUT2D eigenvalue weighted by Gasteiger charge is 2.30. The van der Waals surface area contributed by atoms with Crippen LogP contribution in [0.4, 0.5) is 0 Å². The molecule has 0 saturated carbocycles. The van der Waals surface area contributed by atoms with Gasteiger partial charge in [-0.3, -0.25) is 9.69 Å². The normalized spacial score (nSPS) is 21.8. The number of likely N-dealkylation sites (tertiary alicyclic amines) is 1. The van der Waals surface area contributed by atoms with Gasteiger partial charge < -0.3 is 14.9 Å². The maximum absolute atomic E-state index is 12.1. The zero-order chi connectivity index (χ0) is 17.1. The van der Waals surface area contributed by atoms with Crippen molar-refractivity contribution in [1.29, 1.82) is 0 Å². The SMILES string of the molecule is CCn1ncnc1CN1CC[C@@H](NC(=O)c2cc(C)on2)[C@H](O)C1. The molecule has 2 atom stereocenters. The summed E-state index contributed by atoms with van der Waals surface area (Å²) in [5.74, 6) is 1.14. The number of hydrogen-bond donors (Lipinski definition) is 2. The predicted molar refractivity (Wildman–Crippen MR) is 84.1 cm³/mol. The third-order valence-corrected chi connectivity index (χ3v) is 4.20. The lowest BCUT2D eigenvalue weighted by Crippen LogP contribution is -2.54. The minimum Gasteiger partial charge on any atom is -0.390 e. The molecule has 9 nitrogen and oxygen atoms in total. The van der Waals surface area contributed by atoms with Crippen molar-refractivity contribution in [2.45, 2.75) is 45.5 Å². The van der Waals surface area contributed by atoms with Gasteiger partial charge in [-0.1, -0.05) is 5.16 Å². The first-order chi connectivity index (χ1) is 11.6. The molecule has 9 heteroatoms. The van der Waals surface area contributed by atoms with E-state index in [9.17, 15) is 9.90 Å². The van der Waals surface area contributed by atoms with Crippen molar-refractivity contribution in [3.05, 3.63) is 29.7 Å². The summed E-state index contributed by atoms with van der Waals surface area (Å²) in [5.41, 5.74) is 0.234. The Labute approximate surface area is 139 Å². The largest absolute Gasteiger partial charge is 0.390 e. The Morgan fingerprint density at radius 2 is 2.38 bits per heavy atom. The average molecular weight is 334 g/mol. The molecule has 0 spiro atoms. The van der Waals surface area contributed by atoms with Crippen molar-refractivity contribution >= 4 is 5.91 Å². The molecule has 130 valence electrons. The predicted octanol–water partition coefficient (Wildman–Crippen LogP) is -0.0404. The van der Waals surface area contributed by atoms with Crippen LogP contribution < -0.4 is 5.32 Å². The molecule has 2 aromatic heterocycles. The van der Waals surface area contributed by atoms with E-state index in [2.05, 4.69) is 25.5 Å². The molecule has 1 saturated heterocycles. The molecule has 0 aliphatic carbocycles. The second kappa shape index (κ2) is 7.10. The monoisotopic (exact) mass is 334 g/mol. The molecule has 0 radical (unpaired) electrons. The van der Waals surface area contributed by atoms with Crippen molar-refractivity contribution in [2.24, 2.45) is 0 Å². The van der Waals surface area contributed by atoms with Gasteiger partial charge >= 0.3 is 0 Å². The highest BCUT2D eigenvalue weighted by Crippen LogP contribution is 2.14. The zero-order valence-electron chi connectivity index (χ0n) is 13.8. The topological polar surface area (TPSA) is 109 Å². The second-order valence-corrected chi connectivity index (χ2v) is 5.99. The highest BCUT2D eigenvalue weighted by atomic mass is 16.5. The van der Waals surface area contributed by atoms with Crippen LogP contribution in [0.15, 0.2) is 16.9 Å². The number of carbonyl (C=O) groups excluding carboxylic acids is 1. The van der Waals surface area contributed by atoms with Crippen molar-refractivity contribution in [1.82, 2.24) is 30.1 Å². The summed E-state index contributed by atoms with van der Waals surface area (Å²) in [7, 11) is 0. The Balaban J connectivity index is 1.54. The number of piperidine rings is 1. The molecule has 2 aromatic rings. The number of rotatable bonds is 5. The summed E-state index contributed by atoms with van der Waals surface area (Å²) in [6.45, 7) is 6.37. The molecule has 1 fully saturated rings. The third kappa shape index (κ3) is 3.62. The van der Waals surface area contributed by atoms with Crippen LogP contribution in [-0.2, 0) is 13.1 Å². The molecule has 1 amide bonds. The molecule has 3 rings (SSSR count). The Hall–Kier alpha value is -2.26. The minimum absolute atomic E-state index is 0.234. The maximum atomic E-state index is 12.1. The van der Waals surface area contributed by atoms with Gasteiger partial charge in [-0.2, -0.15) is 5.10 Å². The van der Waals surface area contributed by atoms with E-state index in [-0.39, 0.29) is 17.6 Å². The third-order valence-electron chi connectivity index (χ3n) is 4.20. The fraction of sp³-hybridized carbons (Fsp3) is 0.600. The van der Waals surface area contributed by atoms with Gasteiger partial charge in [0.2, 0.25) is 0 Å². The highest BCUT2D eigenvalue weighted by molar-refractivity contribution is 5.92. The number of aryl methyl sites for hydroxylation is 2. The first kappa shape index (κ1) is 16.6. The molecule has 0 aromatic carbocycles. The number of nitrogens with zero attached hydrogens (tertiary/aromatic N) is 5. The Kier molecular flexibility index (Phi) is 4.91. The average Bonchev–Trinajstić information content (AvgIpc) is 3.18. The van der Waals surface area contributed by atoms with Crippen LogP contribution in [0.2, 0.25) is 0 Å². The van der Waals surface area contributed by atoms with E-state index >= 15 is 0 Å². The second-order valence-electron chi connectivity index (χ2n) is 5.99. The standard InChI is InChI=1S/C15H22N6O3/c1-3-21-14(16-9-17-21)8-20-5-4-11(13(22)7-20)18-15(23)12-6-10(2)24-19-12/h6,9,11,13,22H,3-5,7-8H2,1-2H3,(H,18,23)/t11-,13-/m1/s1. The van der Waals surface area contributed by atoms with Crippen LogP contribution in [-0.4, -0.2) is 61.1 Å². The van der Waals surface area contributed by atoms with Crippen LogP contribution in [0, 0.1) is 6.92 Å². The fourth-order valence-corrected chi connectivity index (χ4v) is 2.90. The van der Waals surface area contributed by atoms with Crippen LogP contribution in [0.5, 0.6) is 0 Å². The lowest BCUT2D eigenvalue weighted by Gasteiger charge is -2.35. The molecular formula is C15H22N6O3. The Morgan fingerprint density at radius 3 is 3.04 bits per heavy atom. The van der Waals surface area contributed by atoms with E-state index in [1.165, 1.54) is 0 Å². The molecule has 24 heavy (non-hydrogen) atoms. The lowest BCUT2D eigenvalue weighted by molar-refractivity contribution is 0.0333. The fourth-order valence-electron chi connectivity index (χ4n) is 2.90. The zero-order valence-corrected chi connectivity index (χ0v) is 13.8. The van der Waals surface area contributed by atoms with E-state index in [4.69, 9.17) is 4.52 Å². The summed E-state index contributed by atoms with van der Waals surface area (Å²) in [5, 5.41) is 21.0. The van der Waals surface area contributed by atoms with Gasteiger partial charge in [-0.25, -0.2) is 9.67 Å². The first-order valence-corrected chi connectivity index (χ1v) is 8.08. The number of aliphatic hydroxyl groups is 1. The van der Waals surface area contributed by atoms with E-state index < -0.39 is 6.10 Å². The summed E-state index contributed by atoms with van der Waals surface area (Å²) in [4.78, 5) is 18.5. The van der Waals surface area contributed by atoms with Crippen molar-refractivity contribution in [2.75, 3.05) is 13.1 Å². The van der Waals surface area contributed by atoms with E-state index in [0.717, 1.165) is 18.9 Å². The molecule has 1 aliphatic heterocycles. The smallest absolute Gasteiger partial charge is 0.273 e. The minimum atomic E-state index is -0.645. The van der Waals surface area contributed by atoms with Crippen molar-refractivity contribution in [3.63, 3.8) is 0 Å². The summed E-state index contributed by atoms with van der Waals surface area (Å²) in [6, 6.07) is 1.28. The first-order valence-electron chi connectivity index (χ1n) is 8.08. The number of carbonyl (C=O) groups is 1. The van der Waals surface area contributed by atoms with Gasteiger partial charge in [0.05, 0.1) is 18.7 Å². The molecule has 1 aliphatic rings. The Bertz CT molecular complexity index is 697. The number of nitrogens with one attached hydrogen (secondary N) is 1. The molecule has 3 heterocycles. The van der Waals surface area contributed by atoms with Crippen LogP contribution in [0.25, 0.3) is 0 Å². The van der Waals surface area contributed by atoms with E-state index in [1.807, 2.05) is 11.6 Å². The van der Waals surface area contributed by atoms with Gasteiger partial charge in [0, 0.05) is 25.7 Å². The maximum Gasteiger partial charge on any atom is 0.273 e. The summed E-state index contributed by atoms with van der Waals surface area (Å²) >= 11 is 0.